The quantitative estimate of drug-likeness (QED) is 0.884. The van der Waals surface area contributed by atoms with E-state index < -0.39 is 0 Å². The Morgan fingerprint density at radius 1 is 1.56 bits per heavy atom. The van der Waals surface area contributed by atoms with Crippen LogP contribution in [0.4, 0.5) is 0 Å². The number of ether oxygens (including phenoxy) is 1. The number of aryl methyl sites for hydroxylation is 1. The molecular weight excluding hydrogens is 228 g/mol. The predicted molar refractivity (Wildman–Crippen MR) is 68.1 cm³/mol. The highest BCUT2D eigenvalue weighted by Crippen LogP contribution is 2.42. The summed E-state index contributed by atoms with van der Waals surface area (Å²) >= 11 is 0. The molecule has 0 bridgehead atoms. The lowest BCUT2D eigenvalue weighted by atomic mass is 9.74. The smallest absolute Gasteiger partial charge is 0.149 e. The van der Waals surface area contributed by atoms with E-state index in [0.29, 0.717) is 6.04 Å². The average molecular weight is 250 g/mol. The molecule has 100 valence electrons. The summed E-state index contributed by atoms with van der Waals surface area (Å²) in [6, 6.07) is 0.795. The fourth-order valence-electron chi connectivity index (χ4n) is 3.20. The largest absolute Gasteiger partial charge is 0.375 e. The van der Waals surface area contributed by atoms with Crippen molar-refractivity contribution in [1.29, 1.82) is 0 Å². The molecule has 1 aromatic rings. The maximum absolute atomic E-state index is 5.95. The first-order valence-electron chi connectivity index (χ1n) is 6.92. The molecular formula is C13H22N4O. The molecule has 2 aliphatic rings. The maximum atomic E-state index is 5.95. The van der Waals surface area contributed by atoms with Crippen molar-refractivity contribution in [3.05, 3.63) is 12.2 Å². The van der Waals surface area contributed by atoms with E-state index in [9.17, 15) is 0 Å². The van der Waals surface area contributed by atoms with Gasteiger partial charge in [0.2, 0.25) is 0 Å². The van der Waals surface area contributed by atoms with Gasteiger partial charge < -0.3 is 14.6 Å². The lowest BCUT2D eigenvalue weighted by molar-refractivity contribution is -0.136. The van der Waals surface area contributed by atoms with Crippen molar-refractivity contribution < 1.29 is 4.74 Å². The Labute approximate surface area is 108 Å². The van der Waals surface area contributed by atoms with E-state index in [1.165, 1.54) is 19.3 Å². The molecule has 1 aromatic heterocycles. The van der Waals surface area contributed by atoms with Crippen LogP contribution in [-0.4, -0.2) is 33.0 Å². The zero-order chi connectivity index (χ0) is 12.6. The number of rotatable bonds is 3. The fourth-order valence-corrected chi connectivity index (χ4v) is 3.20. The summed E-state index contributed by atoms with van der Waals surface area (Å²) in [5, 5.41) is 11.8. The highest BCUT2D eigenvalue weighted by molar-refractivity contribution is 4.99. The fraction of sp³-hybridized carbons (Fsp3) is 0.846. The molecule has 1 saturated carbocycles. The summed E-state index contributed by atoms with van der Waals surface area (Å²) in [5.41, 5.74) is 0.204. The van der Waals surface area contributed by atoms with Crippen molar-refractivity contribution in [2.75, 3.05) is 6.61 Å². The van der Waals surface area contributed by atoms with Crippen molar-refractivity contribution in [2.45, 2.75) is 56.7 Å². The molecule has 0 radical (unpaired) electrons. The molecule has 1 aliphatic carbocycles. The summed E-state index contributed by atoms with van der Waals surface area (Å²) < 4.78 is 7.94. The van der Waals surface area contributed by atoms with Gasteiger partial charge in [-0.2, -0.15) is 0 Å². The summed E-state index contributed by atoms with van der Waals surface area (Å²) in [6.45, 7) is 3.05. The van der Waals surface area contributed by atoms with Gasteiger partial charge in [-0.15, -0.1) is 10.2 Å². The van der Waals surface area contributed by atoms with Crippen LogP contribution < -0.4 is 5.32 Å². The second kappa shape index (κ2) is 4.63. The van der Waals surface area contributed by atoms with Crippen LogP contribution in [0.1, 0.15) is 50.9 Å². The Balaban J connectivity index is 1.60. The van der Waals surface area contributed by atoms with Crippen molar-refractivity contribution in [2.24, 2.45) is 7.05 Å². The van der Waals surface area contributed by atoms with E-state index in [2.05, 4.69) is 22.4 Å². The topological polar surface area (TPSA) is 52.0 Å². The summed E-state index contributed by atoms with van der Waals surface area (Å²) in [4.78, 5) is 0. The van der Waals surface area contributed by atoms with E-state index in [-0.39, 0.29) is 11.6 Å². The Morgan fingerprint density at radius 3 is 3.00 bits per heavy atom. The van der Waals surface area contributed by atoms with Crippen LogP contribution in [0.3, 0.4) is 0 Å². The normalized spacial score (nSPS) is 28.0. The van der Waals surface area contributed by atoms with Crippen LogP contribution in [0.2, 0.25) is 0 Å². The van der Waals surface area contributed by atoms with Crippen molar-refractivity contribution in [1.82, 2.24) is 20.1 Å². The highest BCUT2D eigenvalue weighted by Gasteiger charge is 2.42. The molecule has 2 heterocycles. The van der Waals surface area contributed by atoms with Gasteiger partial charge in [0.05, 0.1) is 11.6 Å². The number of hydrogen-bond donors (Lipinski definition) is 1. The van der Waals surface area contributed by atoms with Gasteiger partial charge in [-0.05, 0) is 39.0 Å². The van der Waals surface area contributed by atoms with Gasteiger partial charge in [0.25, 0.3) is 0 Å². The molecule has 3 rings (SSSR count). The van der Waals surface area contributed by atoms with E-state index >= 15 is 0 Å². The Hall–Kier alpha value is -0.940. The van der Waals surface area contributed by atoms with Gasteiger partial charge >= 0.3 is 0 Å². The summed E-state index contributed by atoms with van der Waals surface area (Å²) in [6.07, 6.45) is 7.81. The average Bonchev–Trinajstić information content (AvgIpc) is 2.74. The van der Waals surface area contributed by atoms with Crippen LogP contribution in [-0.2, 0) is 11.8 Å². The third kappa shape index (κ3) is 2.17. The minimum atomic E-state index is 0.204. The van der Waals surface area contributed by atoms with E-state index in [1.807, 2.05) is 11.6 Å². The van der Waals surface area contributed by atoms with Crippen LogP contribution in [0.15, 0.2) is 6.33 Å². The molecule has 5 nitrogen and oxygen atoms in total. The lowest BCUT2D eigenvalue weighted by Gasteiger charge is -2.47. The van der Waals surface area contributed by atoms with E-state index in [0.717, 1.165) is 25.3 Å². The minimum absolute atomic E-state index is 0.204. The van der Waals surface area contributed by atoms with Crippen molar-refractivity contribution in [3.63, 3.8) is 0 Å². The Morgan fingerprint density at radius 2 is 2.39 bits per heavy atom. The number of nitrogens with zero attached hydrogens (tertiary/aromatic N) is 3. The van der Waals surface area contributed by atoms with Gasteiger partial charge in [0.1, 0.15) is 12.2 Å². The summed E-state index contributed by atoms with van der Waals surface area (Å²) in [5.74, 6) is 1.00. The Kier molecular flexibility index (Phi) is 3.11. The van der Waals surface area contributed by atoms with Gasteiger partial charge in [-0.3, -0.25) is 0 Å². The monoisotopic (exact) mass is 250 g/mol. The first-order valence-corrected chi connectivity index (χ1v) is 6.92. The molecule has 2 atom stereocenters. The van der Waals surface area contributed by atoms with Crippen molar-refractivity contribution >= 4 is 0 Å². The highest BCUT2D eigenvalue weighted by atomic mass is 16.5. The SMILES string of the molecule is CC(NC1CCOC2(CCC2)C1)c1nncn1C. The molecule has 1 spiro atoms. The third-order valence-electron chi connectivity index (χ3n) is 4.38. The second-order valence-corrected chi connectivity index (χ2v) is 5.76. The Bertz CT molecular complexity index is 413. The first kappa shape index (κ1) is 12.1. The first-order chi connectivity index (χ1) is 8.69. The van der Waals surface area contributed by atoms with Gasteiger partial charge in [-0.25, -0.2) is 0 Å². The molecule has 1 N–H and O–H groups in total. The molecule has 0 amide bonds. The van der Waals surface area contributed by atoms with Gasteiger partial charge in [0.15, 0.2) is 0 Å². The second-order valence-electron chi connectivity index (χ2n) is 5.76. The molecule has 1 aliphatic heterocycles. The molecule has 1 saturated heterocycles. The zero-order valence-corrected chi connectivity index (χ0v) is 11.2. The van der Waals surface area contributed by atoms with E-state index in [1.54, 1.807) is 6.33 Å². The lowest BCUT2D eigenvalue weighted by Crippen LogP contribution is -2.51. The van der Waals surface area contributed by atoms with E-state index in [4.69, 9.17) is 4.74 Å². The zero-order valence-electron chi connectivity index (χ0n) is 11.2. The molecule has 18 heavy (non-hydrogen) atoms. The molecule has 2 unspecified atom stereocenters. The van der Waals surface area contributed by atoms with Crippen molar-refractivity contribution in [3.8, 4) is 0 Å². The third-order valence-corrected chi connectivity index (χ3v) is 4.38. The molecule has 0 aromatic carbocycles. The maximum Gasteiger partial charge on any atom is 0.149 e. The van der Waals surface area contributed by atoms with Crippen LogP contribution in [0, 0.1) is 0 Å². The number of aromatic nitrogens is 3. The molecule has 5 heteroatoms. The summed E-state index contributed by atoms with van der Waals surface area (Å²) in [7, 11) is 1.99. The van der Waals surface area contributed by atoms with Crippen LogP contribution >= 0.6 is 0 Å². The standard InChI is InChI=1S/C13H22N4O/c1-10(12-16-14-9-17(12)2)15-11-4-7-18-13(8-11)5-3-6-13/h9-11,15H,3-8H2,1-2H3. The van der Waals surface area contributed by atoms with Gasteiger partial charge in [0, 0.05) is 19.7 Å². The minimum Gasteiger partial charge on any atom is -0.375 e. The number of nitrogens with one attached hydrogen (secondary N) is 1. The van der Waals surface area contributed by atoms with Crippen LogP contribution in [0.5, 0.6) is 0 Å². The number of hydrogen-bond acceptors (Lipinski definition) is 4. The van der Waals surface area contributed by atoms with Crippen LogP contribution in [0.25, 0.3) is 0 Å². The molecule has 2 fully saturated rings. The van der Waals surface area contributed by atoms with Gasteiger partial charge in [-0.1, -0.05) is 0 Å². The predicted octanol–water partition coefficient (Wildman–Crippen LogP) is 1.57.